The Labute approximate surface area is 139 Å². The van der Waals surface area contributed by atoms with E-state index >= 15 is 0 Å². The molecule has 0 bridgehead atoms. The number of amides is 1. The first-order valence-corrected chi connectivity index (χ1v) is 9.83. The highest BCUT2D eigenvalue weighted by molar-refractivity contribution is 7.89. The molecule has 0 aliphatic carbocycles. The third-order valence-electron chi connectivity index (χ3n) is 4.15. The van der Waals surface area contributed by atoms with Gasteiger partial charge < -0.3 is 4.90 Å². The van der Waals surface area contributed by atoms with Crippen LogP contribution in [-0.2, 0) is 27.8 Å². The van der Waals surface area contributed by atoms with Gasteiger partial charge in [0, 0.05) is 13.1 Å². The van der Waals surface area contributed by atoms with Crippen molar-refractivity contribution in [3.8, 4) is 0 Å². The largest absolute Gasteiger partial charge is 0.337 e. The Morgan fingerprint density at radius 3 is 2.52 bits per heavy atom. The van der Waals surface area contributed by atoms with E-state index in [2.05, 4.69) is 10.8 Å². The number of hydrogen-bond donors (Lipinski definition) is 1. The van der Waals surface area contributed by atoms with E-state index in [9.17, 15) is 13.2 Å². The quantitative estimate of drug-likeness (QED) is 0.862. The third-order valence-corrected chi connectivity index (χ3v) is 5.55. The van der Waals surface area contributed by atoms with E-state index in [1.807, 2.05) is 32.0 Å². The number of sulfonamides is 1. The lowest BCUT2D eigenvalue weighted by Crippen LogP contribution is -2.50. The maximum atomic E-state index is 12.8. The molecule has 2 rings (SSSR count). The molecule has 6 heteroatoms. The number of nitrogens with zero attached hydrogens (tertiary/aromatic N) is 1. The maximum absolute atomic E-state index is 12.8. The lowest BCUT2D eigenvalue weighted by atomic mass is 9.98. The molecular formula is C17H26N2O3S. The molecule has 0 radical (unpaired) electrons. The van der Waals surface area contributed by atoms with Gasteiger partial charge in [0.25, 0.3) is 0 Å². The van der Waals surface area contributed by atoms with E-state index in [1.165, 1.54) is 5.56 Å². The molecule has 1 atom stereocenters. The summed E-state index contributed by atoms with van der Waals surface area (Å²) in [7, 11) is -3.41. The highest BCUT2D eigenvalue weighted by atomic mass is 32.2. The molecule has 0 unspecified atom stereocenters. The van der Waals surface area contributed by atoms with E-state index in [0.717, 1.165) is 12.0 Å². The number of hydrogen-bond acceptors (Lipinski definition) is 3. The van der Waals surface area contributed by atoms with Gasteiger partial charge in [0.15, 0.2) is 0 Å². The SMILES string of the molecule is CCS(=O)(=O)N[C@H](CC(C)C)C(=O)N1CCc2ccccc2C1. The number of carbonyl (C=O) groups is 1. The predicted octanol–water partition coefficient (Wildman–Crippen LogP) is 1.93. The summed E-state index contributed by atoms with van der Waals surface area (Å²) in [6, 6.07) is 7.42. The summed E-state index contributed by atoms with van der Waals surface area (Å²) >= 11 is 0. The fraction of sp³-hybridized carbons (Fsp3) is 0.588. The van der Waals surface area contributed by atoms with Crippen molar-refractivity contribution in [3.05, 3.63) is 35.4 Å². The van der Waals surface area contributed by atoms with Crippen LogP contribution in [0.2, 0.25) is 0 Å². The standard InChI is InChI=1S/C17H26N2O3S/c1-4-23(21,22)18-16(11-13(2)3)17(20)19-10-9-14-7-5-6-8-15(14)12-19/h5-8,13,16,18H,4,9-12H2,1-3H3/t16-/m1/s1. The van der Waals surface area contributed by atoms with Gasteiger partial charge in [0.05, 0.1) is 5.75 Å². The van der Waals surface area contributed by atoms with Crippen LogP contribution in [0.5, 0.6) is 0 Å². The molecule has 0 spiro atoms. The van der Waals surface area contributed by atoms with E-state index in [1.54, 1.807) is 11.8 Å². The van der Waals surface area contributed by atoms with Crippen molar-refractivity contribution < 1.29 is 13.2 Å². The minimum atomic E-state index is -3.41. The Kier molecular flexibility index (Phi) is 5.81. The second-order valence-electron chi connectivity index (χ2n) is 6.48. The zero-order chi connectivity index (χ0) is 17.0. The van der Waals surface area contributed by atoms with Crippen molar-refractivity contribution in [3.63, 3.8) is 0 Å². The van der Waals surface area contributed by atoms with Gasteiger partial charge in [-0.15, -0.1) is 0 Å². The second-order valence-corrected chi connectivity index (χ2v) is 8.52. The van der Waals surface area contributed by atoms with Gasteiger partial charge in [0.1, 0.15) is 6.04 Å². The molecule has 23 heavy (non-hydrogen) atoms. The minimum absolute atomic E-state index is 0.0162. The third kappa shape index (κ3) is 4.78. The maximum Gasteiger partial charge on any atom is 0.241 e. The van der Waals surface area contributed by atoms with Gasteiger partial charge in [-0.3, -0.25) is 4.79 Å². The number of fused-ring (bicyclic) bond motifs is 1. The molecule has 1 aromatic rings. The monoisotopic (exact) mass is 338 g/mol. The number of nitrogens with one attached hydrogen (secondary N) is 1. The molecule has 0 aromatic heterocycles. The molecule has 0 saturated heterocycles. The lowest BCUT2D eigenvalue weighted by molar-refractivity contribution is -0.134. The van der Waals surface area contributed by atoms with Crippen LogP contribution >= 0.6 is 0 Å². The number of rotatable bonds is 6. The molecular weight excluding hydrogens is 312 g/mol. The van der Waals surface area contributed by atoms with Crippen LogP contribution in [0.25, 0.3) is 0 Å². The van der Waals surface area contributed by atoms with Crippen molar-refractivity contribution in [2.75, 3.05) is 12.3 Å². The van der Waals surface area contributed by atoms with Gasteiger partial charge in [-0.05, 0) is 36.8 Å². The van der Waals surface area contributed by atoms with E-state index < -0.39 is 16.1 Å². The zero-order valence-electron chi connectivity index (χ0n) is 14.1. The molecule has 1 aliphatic rings. The number of carbonyl (C=O) groups excluding carboxylic acids is 1. The summed E-state index contributed by atoms with van der Waals surface area (Å²) in [5, 5.41) is 0. The lowest BCUT2D eigenvalue weighted by Gasteiger charge is -2.32. The van der Waals surface area contributed by atoms with Crippen molar-refractivity contribution in [1.29, 1.82) is 0 Å². The Bertz CT molecular complexity index is 656. The molecule has 0 saturated carbocycles. The van der Waals surface area contributed by atoms with Gasteiger partial charge in [-0.25, -0.2) is 13.1 Å². The average molecular weight is 338 g/mol. The zero-order valence-corrected chi connectivity index (χ0v) is 14.9. The van der Waals surface area contributed by atoms with E-state index in [-0.39, 0.29) is 17.6 Å². The minimum Gasteiger partial charge on any atom is -0.337 e. The summed E-state index contributed by atoms with van der Waals surface area (Å²) in [6.45, 7) is 6.75. The van der Waals surface area contributed by atoms with Gasteiger partial charge in [0.2, 0.25) is 15.9 Å². The molecule has 1 aromatic carbocycles. The summed E-state index contributed by atoms with van der Waals surface area (Å²) < 4.78 is 26.4. The van der Waals surface area contributed by atoms with Crippen LogP contribution < -0.4 is 4.72 Å². The normalized spacial score (nSPS) is 16.3. The first-order chi connectivity index (χ1) is 10.8. The fourth-order valence-corrected chi connectivity index (χ4v) is 3.67. The first-order valence-electron chi connectivity index (χ1n) is 8.18. The van der Waals surface area contributed by atoms with Crippen molar-refractivity contribution in [2.24, 2.45) is 5.92 Å². The Balaban J connectivity index is 2.14. The predicted molar refractivity (Wildman–Crippen MR) is 91.4 cm³/mol. The Hall–Kier alpha value is -1.40. The van der Waals surface area contributed by atoms with Gasteiger partial charge in [-0.2, -0.15) is 0 Å². The van der Waals surface area contributed by atoms with Crippen LogP contribution in [0.15, 0.2) is 24.3 Å². The average Bonchev–Trinajstić information content (AvgIpc) is 2.52. The molecule has 5 nitrogen and oxygen atoms in total. The smallest absolute Gasteiger partial charge is 0.241 e. The van der Waals surface area contributed by atoms with Crippen LogP contribution in [0.1, 0.15) is 38.3 Å². The molecule has 128 valence electrons. The van der Waals surface area contributed by atoms with Crippen molar-refractivity contribution >= 4 is 15.9 Å². The summed E-state index contributed by atoms with van der Waals surface area (Å²) in [4.78, 5) is 14.6. The van der Waals surface area contributed by atoms with E-state index in [4.69, 9.17) is 0 Å². The van der Waals surface area contributed by atoms with E-state index in [0.29, 0.717) is 19.5 Å². The summed E-state index contributed by atoms with van der Waals surface area (Å²) in [5.74, 6) is 0.100. The van der Waals surface area contributed by atoms with Crippen molar-refractivity contribution in [1.82, 2.24) is 9.62 Å². The van der Waals surface area contributed by atoms with Crippen LogP contribution in [-0.4, -0.2) is 37.6 Å². The highest BCUT2D eigenvalue weighted by Crippen LogP contribution is 2.20. The van der Waals surface area contributed by atoms with Crippen LogP contribution in [0.3, 0.4) is 0 Å². The fourth-order valence-electron chi connectivity index (χ4n) is 2.88. The first kappa shape index (κ1) is 17.9. The van der Waals surface area contributed by atoms with Gasteiger partial charge >= 0.3 is 0 Å². The van der Waals surface area contributed by atoms with Crippen LogP contribution in [0.4, 0.5) is 0 Å². The Morgan fingerprint density at radius 2 is 1.91 bits per heavy atom. The molecule has 1 aliphatic heterocycles. The molecule has 1 heterocycles. The molecule has 1 amide bonds. The second kappa shape index (κ2) is 7.45. The topological polar surface area (TPSA) is 66.5 Å². The van der Waals surface area contributed by atoms with Gasteiger partial charge in [-0.1, -0.05) is 38.1 Å². The molecule has 1 N–H and O–H groups in total. The van der Waals surface area contributed by atoms with Crippen LogP contribution in [0, 0.1) is 5.92 Å². The summed E-state index contributed by atoms with van der Waals surface area (Å²) in [5.41, 5.74) is 2.42. The highest BCUT2D eigenvalue weighted by Gasteiger charge is 2.30. The molecule has 0 fully saturated rings. The summed E-state index contributed by atoms with van der Waals surface area (Å²) in [6.07, 6.45) is 1.33. The Morgan fingerprint density at radius 1 is 1.26 bits per heavy atom. The van der Waals surface area contributed by atoms with Crippen molar-refractivity contribution in [2.45, 2.75) is 46.2 Å². The number of benzene rings is 1.